The number of carbonyl (C=O) groups is 3. The van der Waals surface area contributed by atoms with Crippen LogP contribution in [-0.2, 0) is 23.9 Å². The molecule has 0 spiro atoms. The molecule has 0 aliphatic carbocycles. The number of hydrogen-bond donors (Lipinski definition) is 1. The molecular weight excluding hydrogens is 360 g/mol. The molecule has 1 unspecified atom stereocenters. The fourth-order valence-electron chi connectivity index (χ4n) is 2.48. The molecule has 1 aromatic rings. The summed E-state index contributed by atoms with van der Waals surface area (Å²) in [4.78, 5) is 34.4. The average molecular weight is 380 g/mol. The van der Waals surface area contributed by atoms with Crippen LogP contribution in [-0.4, -0.2) is 63.0 Å². The maximum atomic E-state index is 11.8. The fourth-order valence-corrected chi connectivity index (χ4v) is 2.48. The van der Waals surface area contributed by atoms with Gasteiger partial charge in [0, 0.05) is 18.1 Å². The smallest absolute Gasteiger partial charge is 0.343 e. The number of carbonyl (C=O) groups excluding carboxylic acids is 3. The Kier molecular flexibility index (Phi) is 6.78. The molecule has 1 aliphatic rings. The van der Waals surface area contributed by atoms with Crippen LogP contribution in [0.15, 0.2) is 18.2 Å². The number of aliphatic hydroxyl groups is 1. The van der Waals surface area contributed by atoms with Crippen LogP contribution in [0, 0.1) is 0 Å². The van der Waals surface area contributed by atoms with E-state index in [4.69, 9.17) is 18.9 Å². The maximum absolute atomic E-state index is 11.8. The van der Waals surface area contributed by atoms with Crippen LogP contribution in [0.2, 0.25) is 0 Å². The number of rotatable bonds is 8. The van der Waals surface area contributed by atoms with Gasteiger partial charge in [-0.2, -0.15) is 0 Å². The van der Waals surface area contributed by atoms with E-state index >= 15 is 0 Å². The van der Waals surface area contributed by atoms with Crippen molar-refractivity contribution in [1.29, 1.82) is 0 Å². The van der Waals surface area contributed by atoms with Gasteiger partial charge < -0.3 is 28.8 Å². The van der Waals surface area contributed by atoms with E-state index < -0.39 is 29.9 Å². The summed E-state index contributed by atoms with van der Waals surface area (Å²) in [6, 6.07) is 3.35. The molecule has 0 amide bonds. The number of methoxy groups -OCH3 is 3. The number of benzene rings is 1. The van der Waals surface area contributed by atoms with Crippen molar-refractivity contribution in [3.63, 3.8) is 0 Å². The van der Waals surface area contributed by atoms with E-state index in [2.05, 4.69) is 4.74 Å². The van der Waals surface area contributed by atoms with Gasteiger partial charge in [0.05, 0.1) is 27.9 Å². The number of esters is 2. The molecule has 1 heterocycles. The first-order valence-corrected chi connectivity index (χ1v) is 7.99. The highest BCUT2D eigenvalue weighted by Gasteiger charge is 2.41. The number of hydrogen-bond acceptors (Lipinski definition) is 9. The zero-order valence-corrected chi connectivity index (χ0v) is 15.1. The first-order valence-electron chi connectivity index (χ1n) is 7.99. The minimum atomic E-state index is -1.76. The molecule has 0 saturated carbocycles. The average Bonchev–Trinajstić information content (AvgIpc) is 2.92. The number of cyclic esters (lactones) is 1. The Labute approximate surface area is 155 Å². The highest BCUT2D eigenvalue weighted by molar-refractivity contribution is 6.08. The Morgan fingerprint density at radius 1 is 1.15 bits per heavy atom. The first-order chi connectivity index (χ1) is 12.9. The highest BCUT2D eigenvalue weighted by Crippen LogP contribution is 2.40. The van der Waals surface area contributed by atoms with Crippen LogP contribution in [0.25, 0.3) is 6.08 Å². The zero-order chi connectivity index (χ0) is 20.0. The van der Waals surface area contributed by atoms with Gasteiger partial charge in [0.25, 0.3) is 0 Å². The lowest BCUT2D eigenvalue weighted by Crippen LogP contribution is -2.26. The van der Waals surface area contributed by atoms with E-state index in [9.17, 15) is 19.5 Å². The Balaban J connectivity index is 1.95. The molecule has 9 nitrogen and oxygen atoms in total. The first kappa shape index (κ1) is 20.2. The Morgan fingerprint density at radius 3 is 2.41 bits per heavy atom. The van der Waals surface area contributed by atoms with E-state index in [0.29, 0.717) is 22.8 Å². The molecule has 2 rings (SSSR count). The monoisotopic (exact) mass is 380 g/mol. The van der Waals surface area contributed by atoms with Crippen LogP contribution in [0.3, 0.4) is 0 Å². The van der Waals surface area contributed by atoms with Gasteiger partial charge in [-0.05, 0) is 18.2 Å². The quantitative estimate of drug-likeness (QED) is 0.391. The molecule has 1 saturated heterocycles. The third-order valence-electron chi connectivity index (χ3n) is 3.83. The topological polar surface area (TPSA) is 118 Å². The van der Waals surface area contributed by atoms with Crippen LogP contribution in [0.5, 0.6) is 17.2 Å². The third kappa shape index (κ3) is 4.56. The molecule has 0 aromatic heterocycles. The van der Waals surface area contributed by atoms with Crippen molar-refractivity contribution in [2.75, 3.05) is 27.9 Å². The summed E-state index contributed by atoms with van der Waals surface area (Å²) < 4.78 is 25.4. The van der Waals surface area contributed by atoms with Crippen LogP contribution < -0.4 is 14.2 Å². The molecule has 27 heavy (non-hydrogen) atoms. The summed E-state index contributed by atoms with van der Waals surface area (Å²) in [5.41, 5.74) is 0.565. The van der Waals surface area contributed by atoms with Gasteiger partial charge in [-0.25, -0.2) is 9.59 Å². The standard InChI is InChI=1S/C18H20O9/c1-23-12-6-4-10(16(24-2)17(12)25-3)5-7-13(19)26-9-8-11-14(20)15(21)18(22)27-11/h4-7,11,15,21H,8-9H2,1-3H3/t11-,15?/m1/s1. The second-order valence-electron chi connectivity index (χ2n) is 5.44. The summed E-state index contributed by atoms with van der Waals surface area (Å²) in [5.74, 6) is -1.14. The maximum Gasteiger partial charge on any atom is 0.343 e. The van der Waals surface area contributed by atoms with Gasteiger partial charge in [-0.1, -0.05) is 0 Å². The zero-order valence-electron chi connectivity index (χ0n) is 15.1. The van der Waals surface area contributed by atoms with E-state index in [1.54, 1.807) is 12.1 Å². The Bertz CT molecular complexity index is 753. The highest BCUT2D eigenvalue weighted by atomic mass is 16.6. The minimum absolute atomic E-state index is 0.0269. The van der Waals surface area contributed by atoms with Crippen LogP contribution in [0.4, 0.5) is 0 Å². The van der Waals surface area contributed by atoms with E-state index in [1.807, 2.05) is 0 Å². The van der Waals surface area contributed by atoms with Crippen LogP contribution in [0.1, 0.15) is 12.0 Å². The number of ketones is 1. The second kappa shape index (κ2) is 9.04. The van der Waals surface area contributed by atoms with Gasteiger partial charge in [0.2, 0.25) is 17.6 Å². The lowest BCUT2D eigenvalue weighted by molar-refractivity contribution is -0.148. The molecule has 1 fully saturated rings. The second-order valence-corrected chi connectivity index (χ2v) is 5.44. The SMILES string of the molecule is COc1ccc(C=CC(=O)OCC[C@H]2OC(=O)C(O)C2=O)c(OC)c1OC. The van der Waals surface area contributed by atoms with Crippen molar-refractivity contribution in [2.24, 2.45) is 0 Å². The molecule has 0 bridgehead atoms. The summed E-state index contributed by atoms with van der Waals surface area (Å²) in [5, 5.41) is 9.21. The molecule has 1 aliphatic heterocycles. The minimum Gasteiger partial charge on any atom is -0.493 e. The molecular formula is C18H20O9. The van der Waals surface area contributed by atoms with E-state index in [0.717, 1.165) is 0 Å². The number of Topliss-reactive ketones (excluding diaryl/α,β-unsaturated/α-hetero) is 1. The third-order valence-corrected chi connectivity index (χ3v) is 3.83. The van der Waals surface area contributed by atoms with Crippen molar-refractivity contribution in [1.82, 2.24) is 0 Å². The van der Waals surface area contributed by atoms with E-state index in [-0.39, 0.29) is 13.0 Å². The van der Waals surface area contributed by atoms with Gasteiger partial charge in [0.1, 0.15) is 0 Å². The largest absolute Gasteiger partial charge is 0.493 e. The molecule has 0 radical (unpaired) electrons. The lowest BCUT2D eigenvalue weighted by Gasteiger charge is -2.13. The molecule has 1 aromatic carbocycles. The Morgan fingerprint density at radius 2 is 1.85 bits per heavy atom. The van der Waals surface area contributed by atoms with Gasteiger partial charge in [0.15, 0.2) is 17.6 Å². The van der Waals surface area contributed by atoms with Crippen molar-refractivity contribution in [3.05, 3.63) is 23.8 Å². The summed E-state index contributed by atoms with van der Waals surface area (Å²) in [7, 11) is 4.42. The van der Waals surface area contributed by atoms with Gasteiger partial charge in [-0.3, -0.25) is 4.79 Å². The van der Waals surface area contributed by atoms with Gasteiger partial charge >= 0.3 is 11.9 Å². The predicted molar refractivity (Wildman–Crippen MR) is 91.6 cm³/mol. The van der Waals surface area contributed by atoms with Crippen molar-refractivity contribution in [2.45, 2.75) is 18.6 Å². The molecule has 1 N–H and O–H groups in total. The normalized spacial score (nSPS) is 19.1. The van der Waals surface area contributed by atoms with Crippen molar-refractivity contribution in [3.8, 4) is 17.2 Å². The summed E-state index contributed by atoms with van der Waals surface area (Å²) in [6.07, 6.45) is -0.228. The van der Waals surface area contributed by atoms with E-state index in [1.165, 1.54) is 33.5 Å². The Hall–Kier alpha value is -3.07. The van der Waals surface area contributed by atoms with Crippen LogP contribution >= 0.6 is 0 Å². The fraction of sp³-hybridized carbons (Fsp3) is 0.389. The summed E-state index contributed by atoms with van der Waals surface area (Å²) in [6.45, 7) is -0.150. The number of aliphatic hydroxyl groups excluding tert-OH is 1. The molecule has 2 atom stereocenters. The summed E-state index contributed by atoms with van der Waals surface area (Å²) >= 11 is 0. The predicted octanol–water partition coefficient (Wildman–Crippen LogP) is 0.514. The molecule has 146 valence electrons. The van der Waals surface area contributed by atoms with Crippen molar-refractivity contribution < 1.29 is 43.2 Å². The number of ether oxygens (including phenoxy) is 5. The lowest BCUT2D eigenvalue weighted by atomic mass is 10.1. The van der Waals surface area contributed by atoms with Gasteiger partial charge in [-0.15, -0.1) is 0 Å². The molecule has 9 heteroatoms. The van der Waals surface area contributed by atoms with Crippen molar-refractivity contribution >= 4 is 23.8 Å².